The Labute approximate surface area is 211 Å². The lowest BCUT2D eigenvalue weighted by Gasteiger charge is -2.38. The molecule has 0 unspecified atom stereocenters. The number of carbonyl (C=O) groups excluding carboxylic acids is 1. The first-order valence-electron chi connectivity index (χ1n) is 12.2. The molecule has 3 heterocycles. The minimum absolute atomic E-state index is 0.0109. The van der Waals surface area contributed by atoms with Crippen LogP contribution in [0, 0.1) is 0 Å². The third-order valence-corrected chi connectivity index (χ3v) is 6.99. The standard InChI is InChI=1S/C27H27F2N5O3/c28-24(29)21(19-7-3-1-4-8-19)15-23(35)32-13-11-27(37,12-14-32)17-33-18-30-25-22(26(33)36)16-31-34(25)20-9-5-2-6-10-20/h1-10,16,18,21,24,37H,11-15,17H2/t21-/m0/s1. The molecule has 1 N–H and O–H groups in total. The Kier molecular flexibility index (Phi) is 6.84. The van der Waals surface area contributed by atoms with Gasteiger partial charge in [-0.2, -0.15) is 5.10 Å². The molecule has 0 radical (unpaired) electrons. The Bertz CT molecular complexity index is 1430. The van der Waals surface area contributed by atoms with Crippen molar-refractivity contribution in [3.63, 3.8) is 0 Å². The number of fused-ring (bicyclic) bond motifs is 1. The van der Waals surface area contributed by atoms with Gasteiger partial charge in [-0.3, -0.25) is 14.2 Å². The Balaban J connectivity index is 1.25. The van der Waals surface area contributed by atoms with Crippen LogP contribution in [0.3, 0.4) is 0 Å². The van der Waals surface area contributed by atoms with Gasteiger partial charge in [0.15, 0.2) is 5.65 Å². The van der Waals surface area contributed by atoms with E-state index >= 15 is 0 Å². The number of aromatic nitrogens is 4. The smallest absolute Gasteiger partial charge is 0.264 e. The first kappa shape index (κ1) is 24.8. The number of hydrogen-bond donors (Lipinski definition) is 1. The highest BCUT2D eigenvalue weighted by Gasteiger charge is 2.36. The third kappa shape index (κ3) is 5.15. The summed E-state index contributed by atoms with van der Waals surface area (Å²) in [5.74, 6) is -1.55. The highest BCUT2D eigenvalue weighted by Crippen LogP contribution is 2.30. The second-order valence-corrected chi connectivity index (χ2v) is 9.47. The molecule has 1 amide bonds. The predicted molar refractivity (Wildman–Crippen MR) is 134 cm³/mol. The summed E-state index contributed by atoms with van der Waals surface area (Å²) in [6.45, 7) is 0.448. The van der Waals surface area contributed by atoms with Gasteiger partial charge in [-0.25, -0.2) is 18.4 Å². The quantitative estimate of drug-likeness (QED) is 0.414. The van der Waals surface area contributed by atoms with Crippen molar-refractivity contribution in [2.24, 2.45) is 0 Å². The lowest BCUT2D eigenvalue weighted by Crippen LogP contribution is -2.50. The fourth-order valence-corrected chi connectivity index (χ4v) is 4.84. The number of likely N-dealkylation sites (tertiary alicyclic amines) is 1. The summed E-state index contributed by atoms with van der Waals surface area (Å²) in [7, 11) is 0. The van der Waals surface area contributed by atoms with Gasteiger partial charge in [0.2, 0.25) is 12.3 Å². The van der Waals surface area contributed by atoms with Gasteiger partial charge in [0.05, 0.1) is 29.9 Å². The van der Waals surface area contributed by atoms with Crippen LogP contribution in [-0.4, -0.2) is 60.4 Å². The molecule has 192 valence electrons. The topological polar surface area (TPSA) is 93.2 Å². The maximum Gasteiger partial charge on any atom is 0.264 e. The average molecular weight is 508 g/mol. The second-order valence-electron chi connectivity index (χ2n) is 9.47. The number of halogens is 2. The number of aliphatic hydroxyl groups is 1. The zero-order chi connectivity index (χ0) is 26.0. The molecule has 0 aliphatic carbocycles. The van der Waals surface area contributed by atoms with E-state index in [0.717, 1.165) is 5.69 Å². The fraction of sp³-hybridized carbons (Fsp3) is 0.333. The van der Waals surface area contributed by atoms with Crippen molar-refractivity contribution in [2.75, 3.05) is 13.1 Å². The summed E-state index contributed by atoms with van der Waals surface area (Å²) in [4.78, 5) is 31.8. The number of nitrogens with zero attached hydrogens (tertiary/aromatic N) is 5. The van der Waals surface area contributed by atoms with E-state index < -0.39 is 17.9 Å². The van der Waals surface area contributed by atoms with Crippen molar-refractivity contribution < 1.29 is 18.7 Å². The molecule has 37 heavy (non-hydrogen) atoms. The normalized spacial score (nSPS) is 16.3. The number of hydrogen-bond acceptors (Lipinski definition) is 5. The number of benzene rings is 2. The highest BCUT2D eigenvalue weighted by molar-refractivity contribution is 5.77. The molecule has 0 bridgehead atoms. The van der Waals surface area contributed by atoms with Crippen molar-refractivity contribution in [3.05, 3.63) is 89.1 Å². The van der Waals surface area contributed by atoms with Gasteiger partial charge in [0, 0.05) is 19.5 Å². The summed E-state index contributed by atoms with van der Waals surface area (Å²) in [5, 5.41) is 15.8. The van der Waals surface area contributed by atoms with Crippen LogP contribution in [0.15, 0.2) is 78.0 Å². The highest BCUT2D eigenvalue weighted by atomic mass is 19.3. The molecule has 2 aromatic carbocycles. The third-order valence-electron chi connectivity index (χ3n) is 6.99. The first-order valence-corrected chi connectivity index (χ1v) is 12.2. The molecule has 1 aliphatic rings. The molecule has 1 atom stereocenters. The van der Waals surface area contributed by atoms with Gasteiger partial charge in [0.25, 0.3) is 5.56 Å². The van der Waals surface area contributed by atoms with E-state index in [-0.39, 0.29) is 50.4 Å². The molecule has 5 rings (SSSR count). The average Bonchev–Trinajstić information content (AvgIpc) is 3.35. The SMILES string of the molecule is O=C(C[C@@H](c1ccccc1)C(F)F)N1CCC(O)(Cn2cnc3c(cnn3-c3ccccc3)c2=O)CC1. The number of amides is 1. The lowest BCUT2D eigenvalue weighted by molar-refractivity contribution is -0.137. The summed E-state index contributed by atoms with van der Waals surface area (Å²) in [6.07, 6.45) is 0.341. The van der Waals surface area contributed by atoms with Crippen LogP contribution in [0.2, 0.25) is 0 Å². The number of rotatable bonds is 7. The van der Waals surface area contributed by atoms with E-state index in [0.29, 0.717) is 16.6 Å². The van der Waals surface area contributed by atoms with Crippen LogP contribution in [0.4, 0.5) is 8.78 Å². The predicted octanol–water partition coefficient (Wildman–Crippen LogP) is 3.37. The molecule has 4 aromatic rings. The van der Waals surface area contributed by atoms with E-state index in [1.807, 2.05) is 30.3 Å². The van der Waals surface area contributed by atoms with Gasteiger partial charge in [0.1, 0.15) is 11.7 Å². The van der Waals surface area contributed by atoms with Gasteiger partial charge < -0.3 is 10.0 Å². The first-order chi connectivity index (χ1) is 17.8. The molecule has 1 aliphatic heterocycles. The Morgan fingerprint density at radius 1 is 1.03 bits per heavy atom. The fourth-order valence-electron chi connectivity index (χ4n) is 4.84. The molecule has 2 aromatic heterocycles. The Morgan fingerprint density at radius 3 is 2.32 bits per heavy atom. The molecule has 8 nitrogen and oxygen atoms in total. The monoisotopic (exact) mass is 507 g/mol. The van der Waals surface area contributed by atoms with E-state index in [2.05, 4.69) is 10.1 Å². The summed E-state index contributed by atoms with van der Waals surface area (Å²) in [5.41, 5.74) is 0.0809. The van der Waals surface area contributed by atoms with E-state index in [1.54, 1.807) is 35.0 Å². The van der Waals surface area contributed by atoms with Crippen molar-refractivity contribution in [1.29, 1.82) is 0 Å². The number of piperidine rings is 1. The van der Waals surface area contributed by atoms with Gasteiger partial charge in [-0.15, -0.1) is 0 Å². The van der Waals surface area contributed by atoms with Crippen LogP contribution in [0.1, 0.15) is 30.7 Å². The van der Waals surface area contributed by atoms with Crippen molar-refractivity contribution in [1.82, 2.24) is 24.2 Å². The van der Waals surface area contributed by atoms with E-state index in [1.165, 1.54) is 22.0 Å². The van der Waals surface area contributed by atoms with Crippen molar-refractivity contribution >= 4 is 16.9 Å². The molecule has 10 heteroatoms. The molecule has 1 fully saturated rings. The van der Waals surface area contributed by atoms with Gasteiger partial charge in [-0.05, 0) is 30.5 Å². The van der Waals surface area contributed by atoms with Crippen LogP contribution >= 0.6 is 0 Å². The van der Waals surface area contributed by atoms with Crippen LogP contribution in [0.25, 0.3) is 16.7 Å². The number of carbonyl (C=O) groups is 1. The van der Waals surface area contributed by atoms with Crippen molar-refractivity contribution in [2.45, 2.75) is 43.8 Å². The second kappa shape index (κ2) is 10.2. The maximum absolute atomic E-state index is 13.7. The van der Waals surface area contributed by atoms with Crippen molar-refractivity contribution in [3.8, 4) is 5.69 Å². The van der Waals surface area contributed by atoms with Crippen LogP contribution < -0.4 is 5.56 Å². The lowest BCUT2D eigenvalue weighted by atomic mass is 9.90. The number of para-hydroxylation sites is 1. The zero-order valence-electron chi connectivity index (χ0n) is 20.1. The van der Waals surface area contributed by atoms with Gasteiger partial charge >= 0.3 is 0 Å². The minimum Gasteiger partial charge on any atom is -0.388 e. The summed E-state index contributed by atoms with van der Waals surface area (Å²) < 4.78 is 30.3. The molecular weight excluding hydrogens is 480 g/mol. The minimum atomic E-state index is -2.66. The summed E-state index contributed by atoms with van der Waals surface area (Å²) in [6, 6.07) is 17.6. The molecule has 1 saturated heterocycles. The van der Waals surface area contributed by atoms with Gasteiger partial charge in [-0.1, -0.05) is 48.5 Å². The van der Waals surface area contributed by atoms with E-state index in [9.17, 15) is 23.5 Å². The summed E-state index contributed by atoms with van der Waals surface area (Å²) >= 11 is 0. The zero-order valence-corrected chi connectivity index (χ0v) is 20.1. The molecule has 0 spiro atoms. The number of alkyl halides is 2. The Morgan fingerprint density at radius 2 is 1.68 bits per heavy atom. The maximum atomic E-state index is 13.7. The molecule has 0 saturated carbocycles. The van der Waals surface area contributed by atoms with E-state index in [4.69, 9.17) is 0 Å². The Hall–Kier alpha value is -3.92. The largest absolute Gasteiger partial charge is 0.388 e. The molecular formula is C27H27F2N5O3. The van der Waals surface area contributed by atoms with Crippen LogP contribution in [-0.2, 0) is 11.3 Å². The van der Waals surface area contributed by atoms with Crippen LogP contribution in [0.5, 0.6) is 0 Å².